The van der Waals surface area contributed by atoms with E-state index in [1.165, 1.54) is 12.1 Å². The molecule has 4 aliphatic heterocycles. The van der Waals surface area contributed by atoms with Gasteiger partial charge in [0.1, 0.15) is 24.2 Å². The Balaban J connectivity index is 1.56. The Morgan fingerprint density at radius 2 is 1.42 bits per heavy atom. The quantitative estimate of drug-likeness (QED) is 0.299. The van der Waals surface area contributed by atoms with E-state index in [9.17, 15) is 28.4 Å². The van der Waals surface area contributed by atoms with Gasteiger partial charge >= 0.3 is 0 Å². The van der Waals surface area contributed by atoms with E-state index in [0.717, 1.165) is 11.6 Å². The van der Waals surface area contributed by atoms with Gasteiger partial charge in [-0.2, -0.15) is 0 Å². The molecule has 5 amide bonds. The van der Waals surface area contributed by atoms with Crippen LogP contribution >= 0.6 is 0 Å². The zero-order valence-electron chi connectivity index (χ0n) is 31.8. The summed E-state index contributed by atoms with van der Waals surface area (Å²) in [7, 11) is 3.44. The van der Waals surface area contributed by atoms with Crippen LogP contribution in [0.25, 0.3) is 0 Å². The molecular weight excluding hydrogens is 677 g/mol. The lowest BCUT2D eigenvalue weighted by Crippen LogP contribution is -2.46. The van der Waals surface area contributed by atoms with E-state index in [-0.39, 0.29) is 61.1 Å². The molecule has 1 atom stereocenters. The van der Waals surface area contributed by atoms with Crippen LogP contribution in [0.5, 0.6) is 5.75 Å². The highest BCUT2D eigenvalue weighted by molar-refractivity contribution is 6.01. The average molecular weight is 730 g/mol. The second kappa shape index (κ2) is 17.5. The number of likely N-dealkylation sites (N-methyl/N-ethyl adjacent to an activating group) is 2. The molecule has 0 aliphatic carbocycles. The van der Waals surface area contributed by atoms with Gasteiger partial charge in [-0.1, -0.05) is 52.8 Å². The van der Waals surface area contributed by atoms with Crippen LogP contribution in [0.4, 0.5) is 10.1 Å². The molecule has 3 aromatic rings. The van der Waals surface area contributed by atoms with E-state index in [1.54, 1.807) is 60.3 Å². The van der Waals surface area contributed by atoms with Crippen molar-refractivity contribution in [3.05, 3.63) is 94.8 Å². The molecule has 0 spiro atoms. The van der Waals surface area contributed by atoms with Crippen molar-refractivity contribution in [3.63, 3.8) is 0 Å². The van der Waals surface area contributed by atoms with Crippen molar-refractivity contribution in [2.24, 2.45) is 10.8 Å². The molecule has 3 aromatic carbocycles. The third-order valence-electron chi connectivity index (χ3n) is 9.05. The molecule has 7 rings (SSSR count). The lowest BCUT2D eigenvalue weighted by molar-refractivity contribution is -0.135. The molecule has 11 nitrogen and oxygen atoms in total. The second-order valence-electron chi connectivity index (χ2n) is 15.7. The smallest absolute Gasteiger partial charge is 0.254 e. The fraction of sp³-hybridized carbons (Fsp3) is 0.439. The monoisotopic (exact) mass is 729 g/mol. The van der Waals surface area contributed by atoms with Crippen LogP contribution in [0.15, 0.2) is 66.7 Å². The summed E-state index contributed by atoms with van der Waals surface area (Å²) >= 11 is 0. The molecule has 1 unspecified atom stereocenters. The van der Waals surface area contributed by atoms with Crippen molar-refractivity contribution in [2.75, 3.05) is 39.1 Å². The Hall–Kier alpha value is -5.26. The first kappa shape index (κ1) is 40.5. The molecule has 6 bridgehead atoms. The van der Waals surface area contributed by atoms with Crippen LogP contribution < -0.4 is 20.7 Å². The van der Waals surface area contributed by atoms with Crippen molar-refractivity contribution < 1.29 is 33.1 Å². The Morgan fingerprint density at radius 3 is 2.04 bits per heavy atom. The minimum Gasteiger partial charge on any atom is -0.492 e. The summed E-state index contributed by atoms with van der Waals surface area (Å²) in [6, 6.07) is 16.8. The van der Waals surface area contributed by atoms with Crippen molar-refractivity contribution in [2.45, 2.75) is 72.9 Å². The minimum absolute atomic E-state index is 0.0289. The van der Waals surface area contributed by atoms with Crippen LogP contribution in [0.3, 0.4) is 0 Å². The van der Waals surface area contributed by atoms with Crippen LogP contribution in [-0.2, 0) is 27.3 Å². The largest absolute Gasteiger partial charge is 0.492 e. The first-order valence-corrected chi connectivity index (χ1v) is 17.9. The number of anilines is 1. The number of ether oxygens (including phenoxy) is 1. The molecule has 12 heteroatoms. The maximum Gasteiger partial charge on any atom is 0.254 e. The highest BCUT2D eigenvalue weighted by Gasteiger charge is 2.30. The SMILES string of the molecule is CN1CCOc2ccc(cc2)C(=O)NCc2ccc(F)c(c2)C(=O)NC(CC(C)(C)C)C(=O)Nc2ccc(cc2)CCN(C)C(=O)CC(C)(C)CC1=O. The molecule has 0 fully saturated rings. The number of nitrogens with zero attached hydrogens (tertiary/aromatic N) is 2. The number of carbonyl (C=O) groups is 5. The van der Waals surface area contributed by atoms with Crippen LogP contribution in [-0.4, -0.2) is 79.2 Å². The van der Waals surface area contributed by atoms with Gasteiger partial charge < -0.3 is 30.5 Å². The van der Waals surface area contributed by atoms with Gasteiger partial charge in [-0.05, 0) is 83.3 Å². The van der Waals surface area contributed by atoms with Gasteiger partial charge in [-0.3, -0.25) is 24.0 Å². The Labute approximate surface area is 311 Å². The van der Waals surface area contributed by atoms with Crippen LogP contribution in [0.1, 0.15) is 85.7 Å². The van der Waals surface area contributed by atoms with Gasteiger partial charge in [0.25, 0.3) is 11.8 Å². The van der Waals surface area contributed by atoms with Gasteiger partial charge in [0, 0.05) is 51.3 Å². The minimum atomic E-state index is -0.971. The summed E-state index contributed by atoms with van der Waals surface area (Å²) < 4.78 is 20.8. The van der Waals surface area contributed by atoms with E-state index < -0.39 is 29.1 Å². The number of hydrogen-bond acceptors (Lipinski definition) is 6. The molecule has 4 aliphatic rings. The lowest BCUT2D eigenvalue weighted by atomic mass is 9.84. The van der Waals surface area contributed by atoms with Crippen LogP contribution in [0.2, 0.25) is 0 Å². The van der Waals surface area contributed by atoms with Gasteiger partial charge in [0.15, 0.2) is 0 Å². The summed E-state index contributed by atoms with van der Waals surface area (Å²) in [4.78, 5) is 69.3. The van der Waals surface area contributed by atoms with Gasteiger partial charge in [-0.25, -0.2) is 4.39 Å². The summed E-state index contributed by atoms with van der Waals surface area (Å²) in [5, 5.41) is 8.38. The Kier molecular flexibility index (Phi) is 13.4. The fourth-order valence-electron chi connectivity index (χ4n) is 5.88. The highest BCUT2D eigenvalue weighted by atomic mass is 19.1. The van der Waals surface area contributed by atoms with E-state index in [1.807, 2.05) is 46.8 Å². The maximum atomic E-state index is 15.0. The molecule has 4 heterocycles. The fourth-order valence-corrected chi connectivity index (χ4v) is 5.88. The molecule has 53 heavy (non-hydrogen) atoms. The van der Waals surface area contributed by atoms with Gasteiger partial charge in [0.05, 0.1) is 12.1 Å². The van der Waals surface area contributed by atoms with E-state index in [2.05, 4.69) is 16.0 Å². The number of halogens is 1. The van der Waals surface area contributed by atoms with Crippen molar-refractivity contribution in [3.8, 4) is 5.75 Å². The third kappa shape index (κ3) is 12.4. The topological polar surface area (TPSA) is 137 Å². The highest BCUT2D eigenvalue weighted by Crippen LogP contribution is 2.27. The van der Waals surface area contributed by atoms with E-state index >= 15 is 0 Å². The predicted molar refractivity (Wildman–Crippen MR) is 202 cm³/mol. The average Bonchev–Trinajstić information content (AvgIpc) is 3.09. The van der Waals surface area contributed by atoms with Crippen molar-refractivity contribution in [1.29, 1.82) is 0 Å². The van der Waals surface area contributed by atoms with Crippen molar-refractivity contribution in [1.82, 2.24) is 20.4 Å². The van der Waals surface area contributed by atoms with E-state index in [4.69, 9.17) is 4.74 Å². The number of rotatable bonds is 1. The summed E-state index contributed by atoms with van der Waals surface area (Å²) in [6.45, 7) is 10.7. The zero-order chi connectivity index (χ0) is 38.9. The molecule has 0 saturated heterocycles. The molecule has 0 saturated carbocycles. The molecule has 3 N–H and O–H groups in total. The molecular formula is C41H52FN5O6. The third-order valence-corrected chi connectivity index (χ3v) is 9.05. The standard InChI is InChI=1S/C41H52FN5O6/c1-40(2,3)23-34-39(52)44-30-13-8-27(9-14-30)18-19-46(6)35(48)24-41(4,5)25-36(49)47(7)20-21-53-31-15-11-29(12-16-31)37(50)43-26-28-10-17-33(42)32(22-28)38(51)45-34/h8-17,22,34H,18-21,23-26H2,1-7H3,(H,43,50)(H,44,52)(H,45,51). The number of benzene rings is 3. The van der Waals surface area contributed by atoms with Gasteiger partial charge in [-0.15, -0.1) is 0 Å². The maximum absolute atomic E-state index is 15.0. The summed E-state index contributed by atoms with van der Waals surface area (Å²) in [6.07, 6.45) is 1.26. The summed E-state index contributed by atoms with van der Waals surface area (Å²) in [5.41, 5.74) is 1.18. The summed E-state index contributed by atoms with van der Waals surface area (Å²) in [5.74, 6) is -1.98. The Morgan fingerprint density at radius 1 is 0.811 bits per heavy atom. The van der Waals surface area contributed by atoms with Gasteiger partial charge in [0.2, 0.25) is 17.7 Å². The first-order valence-electron chi connectivity index (χ1n) is 17.9. The molecule has 284 valence electrons. The Bertz CT molecular complexity index is 1790. The number of amides is 5. The molecule has 0 radical (unpaired) electrons. The normalized spacial score (nSPS) is 18.8. The molecule has 0 aromatic heterocycles. The predicted octanol–water partition coefficient (Wildman–Crippen LogP) is 5.59. The number of carbonyl (C=O) groups excluding carboxylic acids is 5. The first-order chi connectivity index (χ1) is 24.9. The number of nitrogens with one attached hydrogen (secondary N) is 3. The zero-order valence-corrected chi connectivity index (χ0v) is 31.8. The lowest BCUT2D eigenvalue weighted by Gasteiger charge is -2.28. The van der Waals surface area contributed by atoms with Crippen molar-refractivity contribution >= 4 is 35.2 Å². The van der Waals surface area contributed by atoms with E-state index in [0.29, 0.717) is 42.1 Å². The van der Waals surface area contributed by atoms with Crippen LogP contribution in [0, 0.1) is 16.6 Å². The number of hydrogen-bond donors (Lipinski definition) is 3. The second-order valence-corrected chi connectivity index (χ2v) is 15.7.